The predicted octanol–water partition coefficient (Wildman–Crippen LogP) is 3.36. The highest BCUT2D eigenvalue weighted by atomic mass is 16.3. The van der Waals surface area contributed by atoms with Crippen molar-refractivity contribution in [2.24, 2.45) is 0 Å². The molecule has 0 heterocycles. The normalized spacial score (nSPS) is 9.09. The Bertz CT molecular complexity index is 1040. The standard InChI is InChI=1S/3C6H8N2.C6H6O3/c7-5-1-2-6(8)4-3-5;7-5-2-1-3-6(8)4-5;7-5-3-1-2-4-6(5)8;7-4-2-1-3-5(8)6(4)9/h3*1-4H,7-8H2;1-3,7-9H. The van der Waals surface area contributed by atoms with Gasteiger partial charge in [0.05, 0.1) is 11.4 Å². The maximum Gasteiger partial charge on any atom is 0.200 e. The molecule has 4 aromatic rings. The topological polar surface area (TPSA) is 217 Å². The van der Waals surface area contributed by atoms with Crippen LogP contribution < -0.4 is 34.4 Å². The van der Waals surface area contributed by atoms with Crippen molar-refractivity contribution in [3.8, 4) is 17.2 Å². The molecular formula is C24H30N6O3. The summed E-state index contributed by atoms with van der Waals surface area (Å²) in [5.74, 6) is -1.09. The van der Waals surface area contributed by atoms with Crippen molar-refractivity contribution in [2.75, 3.05) is 34.4 Å². The van der Waals surface area contributed by atoms with Gasteiger partial charge in [-0.25, -0.2) is 0 Å². The third-order valence-corrected chi connectivity index (χ3v) is 3.84. The average molecular weight is 451 g/mol. The minimum Gasteiger partial charge on any atom is -0.504 e. The van der Waals surface area contributed by atoms with E-state index in [1.807, 2.05) is 18.2 Å². The number of phenolic OH excluding ortho intramolecular Hbond substituents is 3. The molecule has 0 aliphatic heterocycles. The second-order valence-electron chi connectivity index (χ2n) is 6.61. The van der Waals surface area contributed by atoms with Gasteiger partial charge in [-0.2, -0.15) is 0 Å². The van der Waals surface area contributed by atoms with Crippen molar-refractivity contribution < 1.29 is 15.3 Å². The Morgan fingerprint density at radius 1 is 0.394 bits per heavy atom. The van der Waals surface area contributed by atoms with Crippen LogP contribution >= 0.6 is 0 Å². The number of nitrogens with two attached hydrogens (primary N) is 6. The molecular weight excluding hydrogens is 420 g/mol. The number of hydrogen-bond donors (Lipinski definition) is 9. The molecule has 0 bridgehead atoms. The Balaban J connectivity index is 0.000000220. The summed E-state index contributed by atoms with van der Waals surface area (Å²) in [5, 5.41) is 26.1. The van der Waals surface area contributed by atoms with Crippen molar-refractivity contribution >= 4 is 34.1 Å². The maximum atomic E-state index is 8.71. The highest BCUT2D eigenvalue weighted by Gasteiger charge is 2.01. The van der Waals surface area contributed by atoms with E-state index in [4.69, 9.17) is 49.7 Å². The second kappa shape index (κ2) is 13.4. The summed E-state index contributed by atoms with van der Waals surface area (Å²) < 4.78 is 0. The van der Waals surface area contributed by atoms with E-state index >= 15 is 0 Å². The molecule has 9 nitrogen and oxygen atoms in total. The first-order valence-corrected chi connectivity index (χ1v) is 9.62. The summed E-state index contributed by atoms with van der Waals surface area (Å²) in [6.07, 6.45) is 0. The molecule has 0 amide bonds. The van der Waals surface area contributed by atoms with Gasteiger partial charge in [0.15, 0.2) is 17.2 Å². The van der Waals surface area contributed by atoms with Gasteiger partial charge in [-0.1, -0.05) is 24.3 Å². The molecule has 0 saturated carbocycles. The van der Waals surface area contributed by atoms with Crippen LogP contribution in [0.3, 0.4) is 0 Å². The first-order valence-electron chi connectivity index (χ1n) is 9.62. The van der Waals surface area contributed by atoms with Crippen LogP contribution in [0, 0.1) is 0 Å². The quantitative estimate of drug-likeness (QED) is 0.141. The van der Waals surface area contributed by atoms with E-state index < -0.39 is 5.75 Å². The van der Waals surface area contributed by atoms with Gasteiger partial charge in [-0.05, 0) is 66.7 Å². The molecule has 15 N–H and O–H groups in total. The molecule has 0 spiro atoms. The molecule has 4 rings (SSSR count). The van der Waals surface area contributed by atoms with Crippen LogP contribution in [0.15, 0.2) is 91.0 Å². The van der Waals surface area contributed by atoms with E-state index in [0.29, 0.717) is 22.7 Å². The molecule has 0 unspecified atom stereocenters. The smallest absolute Gasteiger partial charge is 0.200 e. The van der Waals surface area contributed by atoms with Crippen molar-refractivity contribution in [2.45, 2.75) is 0 Å². The Labute approximate surface area is 192 Å². The summed E-state index contributed by atoms with van der Waals surface area (Å²) in [6.45, 7) is 0. The number of benzene rings is 4. The Kier molecular flexibility index (Phi) is 10.6. The molecule has 174 valence electrons. The molecule has 0 fully saturated rings. The third-order valence-electron chi connectivity index (χ3n) is 3.84. The van der Waals surface area contributed by atoms with Crippen LogP contribution in [0.5, 0.6) is 17.2 Å². The fourth-order valence-corrected chi connectivity index (χ4v) is 2.09. The van der Waals surface area contributed by atoms with Crippen molar-refractivity contribution in [1.29, 1.82) is 0 Å². The van der Waals surface area contributed by atoms with E-state index in [2.05, 4.69) is 0 Å². The van der Waals surface area contributed by atoms with Crippen LogP contribution in [0.1, 0.15) is 0 Å². The van der Waals surface area contributed by atoms with E-state index in [1.165, 1.54) is 18.2 Å². The minimum absolute atomic E-state index is 0.310. The Hall–Kier alpha value is -4.92. The van der Waals surface area contributed by atoms with Crippen LogP contribution in [0.25, 0.3) is 0 Å². The highest BCUT2D eigenvalue weighted by Crippen LogP contribution is 2.32. The molecule has 9 heteroatoms. The molecule has 0 aliphatic carbocycles. The van der Waals surface area contributed by atoms with Crippen LogP contribution in [-0.2, 0) is 0 Å². The zero-order valence-electron chi connectivity index (χ0n) is 18.0. The molecule has 33 heavy (non-hydrogen) atoms. The van der Waals surface area contributed by atoms with Gasteiger partial charge in [-0.15, -0.1) is 0 Å². The number of nitrogen functional groups attached to an aromatic ring is 6. The Morgan fingerprint density at radius 3 is 1.03 bits per heavy atom. The summed E-state index contributed by atoms with van der Waals surface area (Å²) >= 11 is 0. The highest BCUT2D eigenvalue weighted by molar-refractivity contribution is 5.62. The van der Waals surface area contributed by atoms with Gasteiger partial charge in [0, 0.05) is 22.7 Å². The van der Waals surface area contributed by atoms with Crippen molar-refractivity contribution in [3.05, 3.63) is 91.0 Å². The number of rotatable bonds is 0. The van der Waals surface area contributed by atoms with Gasteiger partial charge in [-0.3, -0.25) is 0 Å². The summed E-state index contributed by atoms with van der Waals surface area (Å²) in [7, 11) is 0. The van der Waals surface area contributed by atoms with Crippen LogP contribution in [-0.4, -0.2) is 15.3 Å². The van der Waals surface area contributed by atoms with Gasteiger partial charge in [0.25, 0.3) is 0 Å². The first kappa shape index (κ1) is 26.1. The SMILES string of the molecule is Nc1ccc(N)cc1.Nc1cccc(N)c1.Nc1ccccc1N.Oc1cccc(O)c1O. The minimum atomic E-state index is -0.475. The molecule has 0 saturated heterocycles. The zero-order chi connectivity index (χ0) is 24.8. The largest absolute Gasteiger partial charge is 0.504 e. The van der Waals surface area contributed by atoms with Gasteiger partial charge >= 0.3 is 0 Å². The van der Waals surface area contributed by atoms with Crippen molar-refractivity contribution in [1.82, 2.24) is 0 Å². The van der Waals surface area contributed by atoms with Crippen LogP contribution in [0.4, 0.5) is 34.1 Å². The van der Waals surface area contributed by atoms with Crippen molar-refractivity contribution in [3.63, 3.8) is 0 Å². The predicted molar refractivity (Wildman–Crippen MR) is 137 cm³/mol. The number of phenols is 3. The van der Waals surface area contributed by atoms with Gasteiger partial charge < -0.3 is 49.7 Å². The average Bonchev–Trinajstić information content (AvgIpc) is 2.77. The lowest BCUT2D eigenvalue weighted by Crippen LogP contribution is -1.91. The lowest BCUT2D eigenvalue weighted by Gasteiger charge is -1.96. The zero-order valence-corrected chi connectivity index (χ0v) is 18.0. The lowest BCUT2D eigenvalue weighted by molar-refractivity contribution is 0.368. The fraction of sp³-hybridized carbons (Fsp3) is 0. The second-order valence-corrected chi connectivity index (χ2v) is 6.61. The van der Waals surface area contributed by atoms with E-state index in [1.54, 1.807) is 54.6 Å². The van der Waals surface area contributed by atoms with E-state index in [-0.39, 0.29) is 11.5 Å². The molecule has 0 radical (unpaired) electrons. The summed E-state index contributed by atoms with van der Waals surface area (Å²) in [5.41, 5.74) is 36.5. The molecule has 0 atom stereocenters. The van der Waals surface area contributed by atoms with Crippen LogP contribution in [0.2, 0.25) is 0 Å². The monoisotopic (exact) mass is 450 g/mol. The van der Waals surface area contributed by atoms with E-state index in [0.717, 1.165) is 11.4 Å². The lowest BCUT2D eigenvalue weighted by atomic mass is 10.3. The van der Waals surface area contributed by atoms with Gasteiger partial charge in [0.2, 0.25) is 0 Å². The first-order chi connectivity index (χ1) is 15.6. The molecule has 0 aromatic heterocycles. The fourth-order valence-electron chi connectivity index (χ4n) is 2.09. The van der Waals surface area contributed by atoms with E-state index in [9.17, 15) is 0 Å². The summed E-state index contributed by atoms with van der Waals surface area (Å²) in [4.78, 5) is 0. The molecule has 4 aromatic carbocycles. The number of hydrogen-bond acceptors (Lipinski definition) is 9. The third kappa shape index (κ3) is 10.6. The Morgan fingerprint density at radius 2 is 0.758 bits per heavy atom. The number of anilines is 6. The maximum absolute atomic E-state index is 8.71. The number of para-hydroxylation sites is 3. The van der Waals surface area contributed by atoms with Gasteiger partial charge in [0.1, 0.15) is 0 Å². The number of aromatic hydroxyl groups is 3. The molecule has 0 aliphatic rings. The summed E-state index contributed by atoms with van der Waals surface area (Å²) in [6, 6.07) is 25.5.